The molecule has 1 amide bonds. The van der Waals surface area contributed by atoms with Gasteiger partial charge >= 0.3 is 12.1 Å². The highest BCUT2D eigenvalue weighted by molar-refractivity contribution is 6.31. The van der Waals surface area contributed by atoms with Crippen LogP contribution in [0.2, 0.25) is 5.02 Å². The first-order valence-electron chi connectivity index (χ1n) is 6.75. The minimum Gasteiger partial charge on any atom is -0.464 e. The normalized spacial score (nSPS) is 10.7. The zero-order chi connectivity index (χ0) is 16.3. The molecule has 0 saturated heterocycles. The maximum absolute atomic E-state index is 11.4. The van der Waals surface area contributed by atoms with Crippen molar-refractivity contribution in [3.63, 3.8) is 0 Å². The summed E-state index contributed by atoms with van der Waals surface area (Å²) in [6, 6.07) is 5.06. The van der Waals surface area contributed by atoms with E-state index in [1.807, 2.05) is 0 Å². The first-order valence-corrected chi connectivity index (χ1v) is 7.13. The van der Waals surface area contributed by atoms with Gasteiger partial charge < -0.3 is 9.52 Å². The number of fused-ring (bicyclic) bond motifs is 1. The van der Waals surface area contributed by atoms with Gasteiger partial charge in [-0.3, -0.25) is 4.79 Å². The number of Topliss-reactive ketones (excluding diaryl/α,β-unsaturated/α-hetero) is 1. The molecular weight excluding hydrogens is 310 g/mol. The molecule has 2 rings (SSSR count). The molecule has 8 heteroatoms. The number of hydrazine groups is 1. The number of hydrogen-bond acceptors (Lipinski definition) is 5. The van der Waals surface area contributed by atoms with Crippen LogP contribution in [-0.4, -0.2) is 40.1 Å². The smallest absolute Gasteiger partial charge is 0.426 e. The van der Waals surface area contributed by atoms with E-state index < -0.39 is 6.09 Å². The Bertz CT molecular complexity index is 700. The summed E-state index contributed by atoms with van der Waals surface area (Å²) in [5.41, 5.74) is 1.02. The number of oxazole rings is 1. The van der Waals surface area contributed by atoms with Crippen molar-refractivity contribution in [1.29, 1.82) is 0 Å². The number of ketones is 1. The van der Waals surface area contributed by atoms with Crippen molar-refractivity contribution in [2.75, 3.05) is 18.1 Å². The predicted molar refractivity (Wildman–Crippen MR) is 82.1 cm³/mol. The van der Waals surface area contributed by atoms with Crippen molar-refractivity contribution in [3.05, 3.63) is 23.2 Å². The van der Waals surface area contributed by atoms with E-state index in [0.29, 0.717) is 16.1 Å². The number of hydrogen-bond donors (Lipinski definition) is 1. The lowest BCUT2D eigenvalue weighted by atomic mass is 10.3. The van der Waals surface area contributed by atoms with Gasteiger partial charge in [-0.05, 0) is 32.0 Å². The van der Waals surface area contributed by atoms with Gasteiger partial charge in [-0.15, -0.1) is 0 Å². The van der Waals surface area contributed by atoms with Crippen LogP contribution in [0.15, 0.2) is 22.6 Å². The molecule has 1 heterocycles. The molecule has 0 fully saturated rings. The van der Waals surface area contributed by atoms with Crippen molar-refractivity contribution < 1.29 is 19.1 Å². The van der Waals surface area contributed by atoms with Crippen LogP contribution in [0, 0.1) is 0 Å². The van der Waals surface area contributed by atoms with Crippen LogP contribution in [0.25, 0.3) is 11.1 Å². The van der Waals surface area contributed by atoms with E-state index in [4.69, 9.17) is 16.0 Å². The highest BCUT2D eigenvalue weighted by Gasteiger charge is 2.24. The van der Waals surface area contributed by atoms with E-state index in [-0.39, 0.29) is 31.3 Å². The van der Waals surface area contributed by atoms with Crippen LogP contribution in [0.5, 0.6) is 0 Å². The average molecular weight is 326 g/mol. The Balaban J connectivity index is 2.40. The van der Waals surface area contributed by atoms with Gasteiger partial charge in [0.15, 0.2) is 5.58 Å². The molecule has 1 aromatic heterocycles. The molecule has 0 saturated carbocycles. The zero-order valence-electron chi connectivity index (χ0n) is 12.2. The van der Waals surface area contributed by atoms with Crippen LogP contribution in [0.1, 0.15) is 20.3 Å². The molecule has 0 bridgehead atoms. The fourth-order valence-corrected chi connectivity index (χ4v) is 2.16. The third-order valence-corrected chi connectivity index (χ3v) is 3.28. The Hall–Kier alpha value is -2.28. The summed E-state index contributed by atoms with van der Waals surface area (Å²) in [4.78, 5) is 26.8. The van der Waals surface area contributed by atoms with Crippen LogP contribution in [0.4, 0.5) is 10.8 Å². The van der Waals surface area contributed by atoms with Crippen molar-refractivity contribution in [2.45, 2.75) is 20.3 Å². The molecule has 0 unspecified atom stereocenters. The summed E-state index contributed by atoms with van der Waals surface area (Å²) in [6.45, 7) is 3.50. The van der Waals surface area contributed by atoms with E-state index in [1.54, 1.807) is 25.1 Å². The summed E-state index contributed by atoms with van der Waals surface area (Å²) in [7, 11) is 0. The number of nitrogens with zero attached hydrogens (tertiary/aromatic N) is 3. The average Bonchev–Trinajstić information content (AvgIpc) is 2.85. The number of carboxylic acid groups (broad SMARTS) is 1. The summed E-state index contributed by atoms with van der Waals surface area (Å²) >= 11 is 5.91. The molecule has 0 aliphatic carbocycles. The van der Waals surface area contributed by atoms with Gasteiger partial charge in [-0.2, -0.15) is 4.98 Å². The molecule has 0 atom stereocenters. The molecule has 118 valence electrons. The largest absolute Gasteiger partial charge is 0.464 e. The third kappa shape index (κ3) is 3.48. The highest BCUT2D eigenvalue weighted by Crippen LogP contribution is 2.25. The standard InChI is InChI=1S/C14H16ClN3O4/c1-3-17(14(20)21)18(7-6-9(2)19)13-16-11-8-10(15)4-5-12(11)22-13/h4-5,8H,3,6-7H2,1-2H3,(H,20,21). The van der Waals surface area contributed by atoms with E-state index in [2.05, 4.69) is 4.98 Å². The molecule has 0 aliphatic heterocycles. The molecule has 0 aliphatic rings. The van der Waals surface area contributed by atoms with E-state index >= 15 is 0 Å². The van der Waals surface area contributed by atoms with Gasteiger partial charge in [0.05, 0.1) is 6.54 Å². The summed E-state index contributed by atoms with van der Waals surface area (Å²) < 4.78 is 5.59. The van der Waals surface area contributed by atoms with E-state index in [9.17, 15) is 14.7 Å². The predicted octanol–water partition coefficient (Wildman–Crippen LogP) is 3.18. The lowest BCUT2D eigenvalue weighted by Gasteiger charge is -2.30. The third-order valence-electron chi connectivity index (χ3n) is 3.05. The summed E-state index contributed by atoms with van der Waals surface area (Å²) in [5, 5.41) is 12.2. The van der Waals surface area contributed by atoms with Gasteiger partial charge in [-0.1, -0.05) is 11.6 Å². The molecule has 0 spiro atoms. The molecule has 0 radical (unpaired) electrons. The summed E-state index contributed by atoms with van der Waals surface area (Å²) in [6.07, 6.45) is -0.963. The SMILES string of the molecule is CCN(C(=O)O)N(CCC(C)=O)c1nc2cc(Cl)ccc2o1. The fourth-order valence-electron chi connectivity index (χ4n) is 1.99. The first-order chi connectivity index (χ1) is 10.4. The van der Waals surface area contributed by atoms with Crippen molar-refractivity contribution in [3.8, 4) is 0 Å². The van der Waals surface area contributed by atoms with Crippen LogP contribution in [-0.2, 0) is 4.79 Å². The Morgan fingerprint density at radius 1 is 1.41 bits per heavy atom. The van der Waals surface area contributed by atoms with Gasteiger partial charge in [0, 0.05) is 18.0 Å². The van der Waals surface area contributed by atoms with Gasteiger partial charge in [0.2, 0.25) is 0 Å². The second-order valence-corrected chi connectivity index (χ2v) is 5.12. The zero-order valence-corrected chi connectivity index (χ0v) is 13.0. The fraction of sp³-hybridized carbons (Fsp3) is 0.357. The van der Waals surface area contributed by atoms with Crippen molar-refractivity contribution in [2.24, 2.45) is 0 Å². The lowest BCUT2D eigenvalue weighted by Crippen LogP contribution is -2.47. The number of halogens is 1. The number of aromatic nitrogens is 1. The minimum atomic E-state index is -1.15. The van der Waals surface area contributed by atoms with Gasteiger partial charge in [0.25, 0.3) is 0 Å². The molecule has 7 nitrogen and oxygen atoms in total. The topological polar surface area (TPSA) is 86.9 Å². The van der Waals surface area contributed by atoms with Crippen molar-refractivity contribution >= 4 is 40.6 Å². The number of benzene rings is 1. The number of anilines is 1. The Morgan fingerprint density at radius 3 is 2.73 bits per heavy atom. The van der Waals surface area contributed by atoms with Gasteiger partial charge in [-0.25, -0.2) is 14.8 Å². The molecule has 22 heavy (non-hydrogen) atoms. The maximum Gasteiger partial charge on any atom is 0.426 e. The lowest BCUT2D eigenvalue weighted by molar-refractivity contribution is -0.116. The highest BCUT2D eigenvalue weighted by atomic mass is 35.5. The second-order valence-electron chi connectivity index (χ2n) is 4.68. The number of carbonyl (C=O) groups is 2. The molecule has 2 aromatic rings. The monoisotopic (exact) mass is 325 g/mol. The van der Waals surface area contributed by atoms with E-state index in [0.717, 1.165) is 5.01 Å². The number of carbonyl (C=O) groups excluding carboxylic acids is 1. The van der Waals surface area contributed by atoms with Crippen LogP contribution < -0.4 is 5.01 Å². The van der Waals surface area contributed by atoms with Crippen LogP contribution >= 0.6 is 11.6 Å². The maximum atomic E-state index is 11.4. The number of rotatable bonds is 6. The second kappa shape index (κ2) is 6.65. The number of amides is 1. The van der Waals surface area contributed by atoms with E-state index in [1.165, 1.54) is 11.9 Å². The molecule has 1 aromatic carbocycles. The summed E-state index contributed by atoms with van der Waals surface area (Å²) in [5.74, 6) is -0.0504. The van der Waals surface area contributed by atoms with Crippen molar-refractivity contribution in [1.82, 2.24) is 9.99 Å². The van der Waals surface area contributed by atoms with Gasteiger partial charge in [0.1, 0.15) is 11.3 Å². The Morgan fingerprint density at radius 2 is 2.14 bits per heavy atom. The Kier molecular flexibility index (Phi) is 4.87. The first kappa shape index (κ1) is 16.1. The molecular formula is C14H16ClN3O4. The quantitative estimate of drug-likeness (QED) is 0.821. The minimum absolute atomic E-state index is 0.0504. The Labute approximate surface area is 132 Å². The van der Waals surface area contributed by atoms with Crippen LogP contribution in [0.3, 0.4) is 0 Å². The molecule has 1 N–H and O–H groups in total.